The summed E-state index contributed by atoms with van der Waals surface area (Å²) in [5, 5.41) is 0.870. The van der Waals surface area contributed by atoms with Crippen LogP contribution in [0.2, 0.25) is 0 Å². The Labute approximate surface area is 122 Å². The van der Waals surface area contributed by atoms with Gasteiger partial charge in [-0.1, -0.05) is 6.07 Å². The van der Waals surface area contributed by atoms with Gasteiger partial charge in [0.05, 0.1) is 5.52 Å². The lowest BCUT2D eigenvalue weighted by molar-refractivity contribution is 0.601. The Bertz CT molecular complexity index is 887. The molecule has 0 fully saturated rings. The van der Waals surface area contributed by atoms with Crippen LogP contribution in [0.5, 0.6) is 0 Å². The summed E-state index contributed by atoms with van der Waals surface area (Å²) < 4.78 is 27.1. The molecule has 2 aromatic heterocycles. The molecule has 108 valence electrons. The molecule has 3 rings (SSSR count). The molecule has 0 aliphatic carbocycles. The SMILES string of the molecule is NCc1cc(S(=O)(=O)Nc2ccc3ncccc3c2)c[nH]1. The largest absolute Gasteiger partial charge is 0.363 e. The number of benzene rings is 1. The van der Waals surface area contributed by atoms with Crippen molar-refractivity contribution in [3.8, 4) is 0 Å². The maximum Gasteiger partial charge on any atom is 0.263 e. The maximum absolute atomic E-state index is 12.3. The molecule has 21 heavy (non-hydrogen) atoms. The molecule has 0 radical (unpaired) electrons. The molecule has 0 atom stereocenters. The summed E-state index contributed by atoms with van der Waals surface area (Å²) in [7, 11) is -3.63. The average Bonchev–Trinajstić information content (AvgIpc) is 2.96. The van der Waals surface area contributed by atoms with Crippen molar-refractivity contribution < 1.29 is 8.42 Å². The second-order valence-corrected chi connectivity index (χ2v) is 6.26. The smallest absolute Gasteiger partial charge is 0.263 e. The van der Waals surface area contributed by atoms with Crippen molar-refractivity contribution in [3.63, 3.8) is 0 Å². The van der Waals surface area contributed by atoms with E-state index in [0.717, 1.165) is 10.9 Å². The van der Waals surface area contributed by atoms with Gasteiger partial charge in [0.25, 0.3) is 10.0 Å². The van der Waals surface area contributed by atoms with Crippen LogP contribution in [0.3, 0.4) is 0 Å². The summed E-state index contributed by atoms with van der Waals surface area (Å²) in [5.74, 6) is 0. The van der Waals surface area contributed by atoms with Crippen LogP contribution in [-0.2, 0) is 16.6 Å². The normalized spacial score (nSPS) is 11.7. The Morgan fingerprint density at radius 3 is 2.86 bits per heavy atom. The highest BCUT2D eigenvalue weighted by atomic mass is 32.2. The monoisotopic (exact) mass is 302 g/mol. The quantitative estimate of drug-likeness (QED) is 0.684. The molecule has 6 nitrogen and oxygen atoms in total. The lowest BCUT2D eigenvalue weighted by Crippen LogP contribution is -2.12. The number of hydrogen-bond donors (Lipinski definition) is 3. The van der Waals surface area contributed by atoms with E-state index in [1.54, 1.807) is 30.5 Å². The Kier molecular flexibility index (Phi) is 3.36. The van der Waals surface area contributed by atoms with E-state index >= 15 is 0 Å². The van der Waals surface area contributed by atoms with Crippen LogP contribution in [0, 0.1) is 0 Å². The zero-order valence-corrected chi connectivity index (χ0v) is 11.9. The number of sulfonamides is 1. The molecular formula is C14H14N4O2S. The van der Waals surface area contributed by atoms with Gasteiger partial charge in [0, 0.05) is 35.7 Å². The zero-order valence-electron chi connectivity index (χ0n) is 11.1. The van der Waals surface area contributed by atoms with Crippen molar-refractivity contribution >= 4 is 26.6 Å². The number of rotatable bonds is 4. The van der Waals surface area contributed by atoms with E-state index in [-0.39, 0.29) is 11.4 Å². The Morgan fingerprint density at radius 2 is 2.10 bits per heavy atom. The molecule has 3 aromatic rings. The molecule has 0 unspecified atom stereocenters. The summed E-state index contributed by atoms with van der Waals surface area (Å²) in [5.41, 5.74) is 7.44. The van der Waals surface area contributed by atoms with E-state index in [1.165, 1.54) is 12.3 Å². The van der Waals surface area contributed by atoms with E-state index in [0.29, 0.717) is 11.4 Å². The fraction of sp³-hybridized carbons (Fsp3) is 0.0714. The Balaban J connectivity index is 1.93. The number of H-pyrrole nitrogens is 1. The van der Waals surface area contributed by atoms with Crippen molar-refractivity contribution in [2.75, 3.05) is 4.72 Å². The number of anilines is 1. The van der Waals surface area contributed by atoms with Crippen LogP contribution >= 0.6 is 0 Å². The van der Waals surface area contributed by atoms with E-state index in [9.17, 15) is 8.42 Å². The summed E-state index contributed by atoms with van der Waals surface area (Å²) in [4.78, 5) is 7.18. The summed E-state index contributed by atoms with van der Waals surface area (Å²) in [6.07, 6.45) is 3.12. The van der Waals surface area contributed by atoms with Gasteiger partial charge < -0.3 is 10.7 Å². The second-order valence-electron chi connectivity index (χ2n) is 4.58. The van der Waals surface area contributed by atoms with Crippen LogP contribution in [-0.4, -0.2) is 18.4 Å². The molecular weight excluding hydrogens is 288 g/mol. The van der Waals surface area contributed by atoms with Crippen molar-refractivity contribution in [1.82, 2.24) is 9.97 Å². The molecule has 4 N–H and O–H groups in total. The third-order valence-corrected chi connectivity index (χ3v) is 4.46. The second kappa shape index (κ2) is 5.19. The molecule has 0 aliphatic rings. The molecule has 0 amide bonds. The minimum absolute atomic E-state index is 0.161. The number of aromatic amines is 1. The van der Waals surface area contributed by atoms with Crippen molar-refractivity contribution in [1.29, 1.82) is 0 Å². The molecule has 1 aromatic carbocycles. The highest BCUT2D eigenvalue weighted by molar-refractivity contribution is 7.92. The van der Waals surface area contributed by atoms with Gasteiger partial charge in [-0.25, -0.2) is 8.42 Å². The topological polar surface area (TPSA) is 101 Å². The van der Waals surface area contributed by atoms with Crippen LogP contribution < -0.4 is 10.5 Å². The molecule has 0 saturated heterocycles. The lowest BCUT2D eigenvalue weighted by Gasteiger charge is -2.07. The average molecular weight is 302 g/mol. The van der Waals surface area contributed by atoms with E-state index in [1.807, 2.05) is 6.07 Å². The number of hydrogen-bond acceptors (Lipinski definition) is 4. The predicted octanol–water partition coefficient (Wildman–Crippen LogP) is 1.82. The molecule has 0 aliphatic heterocycles. The summed E-state index contributed by atoms with van der Waals surface area (Å²) in [6, 6.07) is 10.4. The van der Waals surface area contributed by atoms with Gasteiger partial charge in [0.1, 0.15) is 4.90 Å². The van der Waals surface area contributed by atoms with Gasteiger partial charge in [0.2, 0.25) is 0 Å². The van der Waals surface area contributed by atoms with Gasteiger partial charge in [-0.3, -0.25) is 9.71 Å². The fourth-order valence-corrected chi connectivity index (χ4v) is 3.11. The van der Waals surface area contributed by atoms with E-state index in [2.05, 4.69) is 14.7 Å². The standard InChI is InChI=1S/C14H14N4O2S/c15-8-12-7-13(9-17-12)21(19,20)18-11-3-4-14-10(6-11)2-1-5-16-14/h1-7,9,17-18H,8,15H2. The number of pyridine rings is 1. The minimum atomic E-state index is -3.63. The zero-order chi connectivity index (χ0) is 14.9. The van der Waals surface area contributed by atoms with Crippen molar-refractivity contribution in [3.05, 3.63) is 54.5 Å². The van der Waals surface area contributed by atoms with Gasteiger partial charge in [-0.2, -0.15) is 0 Å². The molecule has 0 spiro atoms. The first kappa shape index (κ1) is 13.6. The Hall–Kier alpha value is -2.38. The summed E-state index contributed by atoms with van der Waals surface area (Å²) in [6.45, 7) is 0.261. The first-order valence-electron chi connectivity index (χ1n) is 6.33. The number of fused-ring (bicyclic) bond motifs is 1. The first-order chi connectivity index (χ1) is 10.1. The van der Waals surface area contributed by atoms with Gasteiger partial charge in [-0.05, 0) is 30.3 Å². The highest BCUT2D eigenvalue weighted by Gasteiger charge is 2.16. The van der Waals surface area contributed by atoms with Crippen LogP contribution in [0.15, 0.2) is 53.7 Å². The predicted molar refractivity (Wildman–Crippen MR) is 81.2 cm³/mol. The van der Waals surface area contributed by atoms with E-state index < -0.39 is 10.0 Å². The molecule has 0 saturated carbocycles. The first-order valence-corrected chi connectivity index (χ1v) is 7.82. The lowest BCUT2D eigenvalue weighted by atomic mass is 10.2. The number of nitrogens with one attached hydrogen (secondary N) is 2. The fourth-order valence-electron chi connectivity index (χ4n) is 2.05. The number of aromatic nitrogens is 2. The Morgan fingerprint density at radius 1 is 1.24 bits per heavy atom. The van der Waals surface area contributed by atoms with Gasteiger partial charge in [-0.15, -0.1) is 0 Å². The van der Waals surface area contributed by atoms with Crippen LogP contribution in [0.25, 0.3) is 10.9 Å². The van der Waals surface area contributed by atoms with E-state index in [4.69, 9.17) is 5.73 Å². The molecule has 0 bridgehead atoms. The third-order valence-electron chi connectivity index (χ3n) is 3.10. The maximum atomic E-state index is 12.3. The summed E-state index contributed by atoms with van der Waals surface area (Å²) >= 11 is 0. The van der Waals surface area contributed by atoms with Crippen LogP contribution in [0.4, 0.5) is 5.69 Å². The van der Waals surface area contributed by atoms with Crippen molar-refractivity contribution in [2.24, 2.45) is 5.73 Å². The molecule has 7 heteroatoms. The van der Waals surface area contributed by atoms with Gasteiger partial charge in [0.15, 0.2) is 0 Å². The van der Waals surface area contributed by atoms with Crippen LogP contribution in [0.1, 0.15) is 5.69 Å². The third kappa shape index (κ3) is 2.74. The molecule has 2 heterocycles. The van der Waals surface area contributed by atoms with Crippen molar-refractivity contribution in [2.45, 2.75) is 11.4 Å². The number of nitrogens with two attached hydrogens (primary N) is 1. The highest BCUT2D eigenvalue weighted by Crippen LogP contribution is 2.20. The van der Waals surface area contributed by atoms with Gasteiger partial charge >= 0.3 is 0 Å². The minimum Gasteiger partial charge on any atom is -0.363 e. The number of nitrogens with zero attached hydrogens (tertiary/aromatic N) is 1.